The summed E-state index contributed by atoms with van der Waals surface area (Å²) in [5, 5.41) is 5.61. The van der Waals surface area contributed by atoms with Gasteiger partial charge in [0.25, 0.3) is 5.91 Å². The van der Waals surface area contributed by atoms with Gasteiger partial charge in [-0.3, -0.25) is 10.1 Å². The van der Waals surface area contributed by atoms with E-state index in [1.54, 1.807) is 7.11 Å². The van der Waals surface area contributed by atoms with Crippen molar-refractivity contribution >= 4 is 11.9 Å². The molecule has 1 aliphatic heterocycles. The van der Waals surface area contributed by atoms with E-state index in [2.05, 4.69) is 28.8 Å². The van der Waals surface area contributed by atoms with Crippen LogP contribution < -0.4 is 15.4 Å². The van der Waals surface area contributed by atoms with Crippen molar-refractivity contribution in [3.05, 3.63) is 53.6 Å². The summed E-state index contributed by atoms with van der Waals surface area (Å²) < 4.78 is 11.2. The summed E-state index contributed by atoms with van der Waals surface area (Å²) in [6.07, 6.45) is 4.49. The molecule has 5 rings (SSSR count). The van der Waals surface area contributed by atoms with Crippen LogP contribution in [0.5, 0.6) is 5.75 Å². The lowest BCUT2D eigenvalue weighted by molar-refractivity contribution is -0.131. The first kappa shape index (κ1) is 20.1. The predicted molar refractivity (Wildman–Crippen MR) is 117 cm³/mol. The lowest BCUT2D eigenvalue weighted by atomic mass is 9.61. The Hall–Kier alpha value is -2.86. The molecule has 2 aromatic carbocycles. The van der Waals surface area contributed by atoms with Gasteiger partial charge in [0, 0.05) is 12.0 Å². The van der Waals surface area contributed by atoms with Crippen molar-refractivity contribution in [1.29, 1.82) is 0 Å². The fourth-order valence-electron chi connectivity index (χ4n) is 5.96. The van der Waals surface area contributed by atoms with Gasteiger partial charge in [-0.25, -0.2) is 4.79 Å². The molecule has 1 saturated carbocycles. The number of imide groups is 1. The normalized spacial score (nSPS) is 29.2. The maximum absolute atomic E-state index is 13.4. The average molecular weight is 421 g/mol. The highest BCUT2D eigenvalue weighted by molar-refractivity contribution is 6.09. The van der Waals surface area contributed by atoms with Crippen molar-refractivity contribution in [1.82, 2.24) is 10.6 Å². The first-order chi connectivity index (χ1) is 15.0. The lowest BCUT2D eigenvalue weighted by Gasteiger charge is -2.46. The molecule has 1 saturated heterocycles. The van der Waals surface area contributed by atoms with Gasteiger partial charge in [0.2, 0.25) is 0 Å². The van der Waals surface area contributed by atoms with Crippen LogP contribution in [-0.4, -0.2) is 31.8 Å². The fraction of sp³-hybridized carbons (Fsp3) is 0.440. The Balaban J connectivity index is 1.59. The van der Waals surface area contributed by atoms with Crippen LogP contribution in [-0.2, 0) is 21.5 Å². The summed E-state index contributed by atoms with van der Waals surface area (Å²) in [6.45, 7) is 2.71. The zero-order chi connectivity index (χ0) is 21.6. The van der Waals surface area contributed by atoms with E-state index in [9.17, 15) is 9.59 Å². The molecule has 2 spiro atoms. The first-order valence-electron chi connectivity index (χ1n) is 11.0. The molecule has 1 unspecified atom stereocenters. The summed E-state index contributed by atoms with van der Waals surface area (Å²) in [4.78, 5) is 25.7. The Morgan fingerprint density at radius 3 is 2.52 bits per heavy atom. The van der Waals surface area contributed by atoms with E-state index in [-0.39, 0.29) is 17.4 Å². The summed E-state index contributed by atoms with van der Waals surface area (Å²) in [6, 6.07) is 13.8. The molecule has 0 aromatic heterocycles. The zero-order valence-electron chi connectivity index (χ0n) is 18.0. The second-order valence-electron chi connectivity index (χ2n) is 8.87. The Kier molecular flexibility index (Phi) is 4.77. The fourth-order valence-corrected chi connectivity index (χ4v) is 5.96. The standard InChI is InChI=1S/C25H28N2O4/c1-3-31-19-9-11-24(12-10-19)15-18-8-7-17(16-5-4-6-20(13-16)30-2)14-21(18)25(24)22(28)26-23(29)27-25/h4-8,13-14,19H,3,9-12,15H2,1-2H3,(H2,26,27,28,29). The molecular weight excluding hydrogens is 392 g/mol. The van der Waals surface area contributed by atoms with Gasteiger partial charge in [-0.2, -0.15) is 0 Å². The Bertz CT molecular complexity index is 1040. The number of fused-ring (bicyclic) bond motifs is 3. The molecule has 1 atom stereocenters. The molecule has 162 valence electrons. The second-order valence-corrected chi connectivity index (χ2v) is 8.87. The number of carbonyl (C=O) groups excluding carboxylic acids is 2. The van der Waals surface area contributed by atoms with Gasteiger partial charge in [0.05, 0.1) is 13.2 Å². The van der Waals surface area contributed by atoms with Crippen LogP contribution >= 0.6 is 0 Å². The van der Waals surface area contributed by atoms with Gasteiger partial charge in [-0.05, 0) is 79.5 Å². The molecule has 0 radical (unpaired) electrons. The maximum Gasteiger partial charge on any atom is 0.322 e. The molecule has 1 heterocycles. The van der Waals surface area contributed by atoms with E-state index >= 15 is 0 Å². The van der Waals surface area contributed by atoms with Crippen molar-refractivity contribution in [2.45, 2.75) is 50.7 Å². The molecule has 0 bridgehead atoms. The van der Waals surface area contributed by atoms with Crippen LogP contribution in [0.1, 0.15) is 43.7 Å². The van der Waals surface area contributed by atoms with Crippen molar-refractivity contribution in [2.24, 2.45) is 5.41 Å². The van der Waals surface area contributed by atoms with Crippen LogP contribution in [0.2, 0.25) is 0 Å². The number of hydrogen-bond donors (Lipinski definition) is 2. The topological polar surface area (TPSA) is 76.7 Å². The highest BCUT2D eigenvalue weighted by Gasteiger charge is 2.66. The van der Waals surface area contributed by atoms with Gasteiger partial charge < -0.3 is 14.8 Å². The summed E-state index contributed by atoms with van der Waals surface area (Å²) >= 11 is 0. The van der Waals surface area contributed by atoms with Gasteiger partial charge in [0.15, 0.2) is 5.54 Å². The zero-order valence-corrected chi connectivity index (χ0v) is 18.0. The van der Waals surface area contributed by atoms with Crippen LogP contribution in [0.25, 0.3) is 11.1 Å². The molecule has 2 N–H and O–H groups in total. The third-order valence-electron chi connectivity index (χ3n) is 7.40. The quantitative estimate of drug-likeness (QED) is 0.735. The average Bonchev–Trinajstić information content (AvgIpc) is 3.23. The Morgan fingerprint density at radius 1 is 1.06 bits per heavy atom. The van der Waals surface area contributed by atoms with E-state index in [0.717, 1.165) is 60.1 Å². The largest absolute Gasteiger partial charge is 0.497 e. The molecule has 2 fully saturated rings. The number of rotatable bonds is 4. The molecule has 31 heavy (non-hydrogen) atoms. The van der Waals surface area contributed by atoms with Crippen molar-refractivity contribution in [2.75, 3.05) is 13.7 Å². The predicted octanol–water partition coefficient (Wildman–Crippen LogP) is 3.92. The SMILES string of the molecule is CCOC1CCC2(CC1)Cc1ccc(-c3cccc(OC)c3)cc1C21NC(=O)NC1=O. The number of ether oxygens (including phenoxy) is 2. The number of carbonyl (C=O) groups is 2. The second kappa shape index (κ2) is 7.38. The van der Waals surface area contributed by atoms with E-state index < -0.39 is 11.6 Å². The highest BCUT2D eigenvalue weighted by atomic mass is 16.5. The number of hydrogen-bond acceptors (Lipinski definition) is 4. The van der Waals surface area contributed by atoms with E-state index in [4.69, 9.17) is 9.47 Å². The van der Waals surface area contributed by atoms with Crippen molar-refractivity contribution < 1.29 is 19.1 Å². The highest BCUT2D eigenvalue weighted by Crippen LogP contribution is 2.59. The third-order valence-corrected chi connectivity index (χ3v) is 7.40. The van der Waals surface area contributed by atoms with Gasteiger partial charge in [-0.15, -0.1) is 0 Å². The maximum atomic E-state index is 13.4. The minimum absolute atomic E-state index is 0.226. The molecule has 6 nitrogen and oxygen atoms in total. The van der Waals surface area contributed by atoms with Crippen LogP contribution in [0, 0.1) is 5.41 Å². The van der Waals surface area contributed by atoms with Crippen LogP contribution in [0.3, 0.4) is 0 Å². The molecule has 2 aromatic rings. The molecular formula is C25H28N2O4. The number of methoxy groups -OCH3 is 1. The number of amides is 3. The van der Waals surface area contributed by atoms with Crippen LogP contribution in [0.4, 0.5) is 4.79 Å². The lowest BCUT2D eigenvalue weighted by Crippen LogP contribution is -2.56. The van der Waals surface area contributed by atoms with Gasteiger partial charge in [0.1, 0.15) is 5.75 Å². The number of benzene rings is 2. The summed E-state index contributed by atoms with van der Waals surface area (Å²) in [5.74, 6) is 0.555. The van der Waals surface area contributed by atoms with Gasteiger partial charge >= 0.3 is 6.03 Å². The molecule has 3 amide bonds. The van der Waals surface area contributed by atoms with Crippen molar-refractivity contribution in [3.63, 3.8) is 0 Å². The van der Waals surface area contributed by atoms with E-state index in [1.165, 1.54) is 0 Å². The number of nitrogens with one attached hydrogen (secondary N) is 2. The smallest absolute Gasteiger partial charge is 0.322 e. The third kappa shape index (κ3) is 2.96. The van der Waals surface area contributed by atoms with E-state index in [1.807, 2.05) is 31.2 Å². The Labute approximate surface area is 182 Å². The van der Waals surface area contributed by atoms with Crippen molar-refractivity contribution in [3.8, 4) is 16.9 Å². The minimum atomic E-state index is -1.02. The summed E-state index contributed by atoms with van der Waals surface area (Å²) in [7, 11) is 1.65. The first-order valence-corrected chi connectivity index (χ1v) is 11.0. The van der Waals surface area contributed by atoms with Crippen LogP contribution in [0.15, 0.2) is 42.5 Å². The molecule has 6 heteroatoms. The summed E-state index contributed by atoms with van der Waals surface area (Å²) in [5.41, 5.74) is 2.73. The Morgan fingerprint density at radius 2 is 1.84 bits per heavy atom. The number of urea groups is 1. The molecule has 2 aliphatic carbocycles. The minimum Gasteiger partial charge on any atom is -0.497 e. The monoisotopic (exact) mass is 420 g/mol. The molecule has 3 aliphatic rings. The van der Waals surface area contributed by atoms with E-state index in [0.29, 0.717) is 6.61 Å². The van der Waals surface area contributed by atoms with Gasteiger partial charge in [-0.1, -0.05) is 24.3 Å².